The second-order valence-corrected chi connectivity index (χ2v) is 9.07. The van der Waals surface area contributed by atoms with Gasteiger partial charge < -0.3 is 19.4 Å². The summed E-state index contributed by atoms with van der Waals surface area (Å²) in [6.45, 7) is 7.91. The molecule has 4 rings (SSSR count). The van der Waals surface area contributed by atoms with Gasteiger partial charge in [0.2, 0.25) is 5.91 Å². The Morgan fingerprint density at radius 3 is 2.74 bits per heavy atom. The van der Waals surface area contributed by atoms with Crippen LogP contribution < -0.4 is 10.2 Å². The molecule has 1 saturated carbocycles. The highest BCUT2D eigenvalue weighted by atomic mass is 16.5. The first-order valence-electron chi connectivity index (χ1n) is 11.7. The predicted octanol–water partition coefficient (Wildman–Crippen LogP) is 3.36. The number of rotatable bonds is 8. The van der Waals surface area contributed by atoms with Crippen LogP contribution in [0.2, 0.25) is 0 Å². The van der Waals surface area contributed by atoms with Crippen molar-refractivity contribution in [3.63, 3.8) is 0 Å². The van der Waals surface area contributed by atoms with E-state index in [-0.39, 0.29) is 5.91 Å². The van der Waals surface area contributed by atoms with Gasteiger partial charge in [-0.3, -0.25) is 9.69 Å². The molecule has 7 nitrogen and oxygen atoms in total. The minimum atomic E-state index is 0.124. The van der Waals surface area contributed by atoms with Gasteiger partial charge in [-0.05, 0) is 57.6 Å². The predicted molar refractivity (Wildman–Crippen MR) is 122 cm³/mol. The van der Waals surface area contributed by atoms with Crippen molar-refractivity contribution in [2.75, 3.05) is 51.3 Å². The number of anilines is 1. The van der Waals surface area contributed by atoms with Crippen molar-refractivity contribution in [3.05, 3.63) is 24.1 Å². The molecule has 3 heterocycles. The third-order valence-corrected chi connectivity index (χ3v) is 6.92. The molecule has 2 aromatic heterocycles. The molecule has 1 aliphatic heterocycles. The van der Waals surface area contributed by atoms with Crippen molar-refractivity contribution in [1.29, 1.82) is 0 Å². The van der Waals surface area contributed by atoms with Gasteiger partial charge in [-0.1, -0.05) is 0 Å². The monoisotopic (exact) mass is 428 g/mol. The number of nitrogens with one attached hydrogen (secondary N) is 1. The van der Waals surface area contributed by atoms with Crippen molar-refractivity contribution in [1.82, 2.24) is 15.2 Å². The number of furan rings is 1. The Bertz CT molecular complexity index is 852. The molecule has 1 N–H and O–H groups in total. The molecular formula is C24H36N4O3. The molecule has 170 valence electrons. The molecule has 7 heteroatoms. The van der Waals surface area contributed by atoms with Crippen molar-refractivity contribution < 1.29 is 13.9 Å². The van der Waals surface area contributed by atoms with Crippen LogP contribution in [0.25, 0.3) is 11.0 Å². The molecule has 1 amide bonds. The van der Waals surface area contributed by atoms with Crippen LogP contribution in [0.15, 0.2) is 22.9 Å². The van der Waals surface area contributed by atoms with Crippen molar-refractivity contribution in [2.24, 2.45) is 5.92 Å². The fraction of sp³-hybridized carbons (Fsp3) is 0.667. The number of piperazine rings is 1. The minimum Gasteiger partial charge on any atom is -0.464 e. The summed E-state index contributed by atoms with van der Waals surface area (Å²) >= 11 is 0. The van der Waals surface area contributed by atoms with Crippen LogP contribution in [0.3, 0.4) is 0 Å². The molecule has 0 bridgehead atoms. The summed E-state index contributed by atoms with van der Waals surface area (Å²) in [6.07, 6.45) is 10.1. The van der Waals surface area contributed by atoms with Gasteiger partial charge in [0.05, 0.1) is 18.3 Å². The number of methoxy groups -OCH3 is 1. The van der Waals surface area contributed by atoms with E-state index in [0.717, 1.165) is 67.3 Å². The van der Waals surface area contributed by atoms with E-state index >= 15 is 0 Å². The summed E-state index contributed by atoms with van der Waals surface area (Å²) in [5.41, 5.74) is 2.05. The van der Waals surface area contributed by atoms with Gasteiger partial charge in [0.25, 0.3) is 0 Å². The zero-order valence-electron chi connectivity index (χ0n) is 18.9. The number of pyridine rings is 1. The molecular weight excluding hydrogens is 392 g/mol. The number of ether oxygens (including phenoxy) is 1. The quantitative estimate of drug-likeness (QED) is 0.695. The molecule has 1 saturated heterocycles. The van der Waals surface area contributed by atoms with Crippen LogP contribution in [-0.2, 0) is 9.53 Å². The third-order valence-electron chi connectivity index (χ3n) is 6.92. The van der Waals surface area contributed by atoms with Gasteiger partial charge in [0, 0.05) is 57.5 Å². The summed E-state index contributed by atoms with van der Waals surface area (Å²) in [6, 6.07) is 2.39. The van der Waals surface area contributed by atoms with Crippen LogP contribution in [0.1, 0.15) is 44.1 Å². The minimum absolute atomic E-state index is 0.124. The fourth-order valence-corrected chi connectivity index (χ4v) is 4.97. The van der Waals surface area contributed by atoms with Crippen LogP contribution >= 0.6 is 0 Å². The third kappa shape index (κ3) is 5.57. The summed E-state index contributed by atoms with van der Waals surface area (Å²) in [5, 5.41) is 4.29. The summed E-state index contributed by atoms with van der Waals surface area (Å²) < 4.78 is 10.6. The number of hydrogen-bond donors (Lipinski definition) is 1. The molecule has 0 aromatic carbocycles. The van der Waals surface area contributed by atoms with Crippen LogP contribution in [0, 0.1) is 12.8 Å². The van der Waals surface area contributed by atoms with E-state index in [1.54, 1.807) is 13.4 Å². The molecule has 2 fully saturated rings. The van der Waals surface area contributed by atoms with E-state index in [4.69, 9.17) is 14.1 Å². The maximum atomic E-state index is 11.9. The maximum absolute atomic E-state index is 11.9. The second kappa shape index (κ2) is 10.5. The Morgan fingerprint density at radius 2 is 2.00 bits per heavy atom. The lowest BCUT2D eigenvalue weighted by Gasteiger charge is -2.37. The second-order valence-electron chi connectivity index (χ2n) is 9.07. The highest BCUT2D eigenvalue weighted by Crippen LogP contribution is 2.30. The average molecular weight is 429 g/mol. The molecule has 31 heavy (non-hydrogen) atoms. The van der Waals surface area contributed by atoms with E-state index in [9.17, 15) is 4.79 Å². The van der Waals surface area contributed by atoms with Gasteiger partial charge in [0.15, 0.2) is 0 Å². The van der Waals surface area contributed by atoms with Gasteiger partial charge >= 0.3 is 0 Å². The molecule has 0 spiro atoms. The van der Waals surface area contributed by atoms with Gasteiger partial charge in [-0.2, -0.15) is 0 Å². The zero-order valence-corrected chi connectivity index (χ0v) is 18.9. The largest absolute Gasteiger partial charge is 0.464 e. The number of aromatic nitrogens is 1. The Morgan fingerprint density at radius 1 is 1.23 bits per heavy atom. The fourth-order valence-electron chi connectivity index (χ4n) is 4.97. The smallest absolute Gasteiger partial charge is 0.222 e. The van der Waals surface area contributed by atoms with Crippen molar-refractivity contribution >= 4 is 22.7 Å². The normalized spacial score (nSPS) is 22.7. The first-order chi connectivity index (χ1) is 15.1. The van der Waals surface area contributed by atoms with E-state index in [1.165, 1.54) is 25.8 Å². The highest BCUT2D eigenvalue weighted by molar-refractivity contribution is 5.90. The van der Waals surface area contributed by atoms with Crippen LogP contribution in [0.4, 0.5) is 5.82 Å². The highest BCUT2D eigenvalue weighted by Gasteiger charge is 2.25. The van der Waals surface area contributed by atoms with E-state index in [2.05, 4.69) is 15.1 Å². The Kier molecular flexibility index (Phi) is 7.45. The lowest BCUT2D eigenvalue weighted by atomic mass is 9.84. The number of aryl methyl sites for hydroxylation is 1. The molecule has 0 unspecified atom stereocenters. The SMILES string of the molecule is COCCC(=O)N[C@H]1CC[C@H](CCN2CCN(c3ncc(C)c4occc34)CC2)CC1. The maximum Gasteiger partial charge on any atom is 0.222 e. The molecule has 1 aliphatic carbocycles. The lowest BCUT2D eigenvalue weighted by molar-refractivity contribution is -0.122. The van der Waals surface area contributed by atoms with Gasteiger partial charge in [0.1, 0.15) is 11.4 Å². The topological polar surface area (TPSA) is 70.8 Å². The number of hydrogen-bond acceptors (Lipinski definition) is 6. The average Bonchev–Trinajstić information content (AvgIpc) is 3.29. The number of carbonyl (C=O) groups is 1. The summed E-state index contributed by atoms with van der Waals surface area (Å²) in [4.78, 5) is 21.6. The van der Waals surface area contributed by atoms with Gasteiger partial charge in [-0.15, -0.1) is 0 Å². The van der Waals surface area contributed by atoms with E-state index in [0.29, 0.717) is 19.1 Å². The molecule has 0 atom stereocenters. The first kappa shape index (κ1) is 22.1. The van der Waals surface area contributed by atoms with E-state index < -0.39 is 0 Å². The number of carbonyl (C=O) groups excluding carboxylic acids is 1. The van der Waals surface area contributed by atoms with Crippen LogP contribution in [-0.4, -0.2) is 68.3 Å². The number of nitrogens with zero attached hydrogens (tertiary/aromatic N) is 3. The van der Waals surface area contributed by atoms with Crippen LogP contribution in [0.5, 0.6) is 0 Å². The molecule has 0 radical (unpaired) electrons. The number of fused-ring (bicyclic) bond motifs is 1. The Balaban J connectivity index is 1.17. The zero-order chi connectivity index (χ0) is 21.6. The van der Waals surface area contributed by atoms with Gasteiger partial charge in [-0.25, -0.2) is 4.98 Å². The molecule has 2 aromatic rings. The Hall–Kier alpha value is -2.12. The van der Waals surface area contributed by atoms with Crippen molar-refractivity contribution in [2.45, 2.75) is 51.5 Å². The number of amides is 1. The first-order valence-corrected chi connectivity index (χ1v) is 11.7. The summed E-state index contributed by atoms with van der Waals surface area (Å²) in [7, 11) is 1.63. The Labute approximate surface area is 185 Å². The summed E-state index contributed by atoms with van der Waals surface area (Å²) in [5.74, 6) is 1.97. The lowest BCUT2D eigenvalue weighted by Crippen LogP contribution is -2.47. The molecule has 2 aliphatic rings. The standard InChI is InChI=1S/C24H36N4O3/c1-18-17-25-24(21-8-16-31-23(18)21)28-13-11-27(12-14-28)10-7-19-3-5-20(6-4-19)26-22(29)9-15-30-2/h8,16-17,19-20H,3-7,9-15H2,1-2H3,(H,26,29)/t19-,20-. The van der Waals surface area contributed by atoms with Crippen molar-refractivity contribution in [3.8, 4) is 0 Å². The van der Waals surface area contributed by atoms with E-state index in [1.807, 2.05) is 19.2 Å².